The van der Waals surface area contributed by atoms with E-state index < -0.39 is 30.1 Å². The van der Waals surface area contributed by atoms with Crippen molar-refractivity contribution in [1.82, 2.24) is 5.32 Å². The summed E-state index contributed by atoms with van der Waals surface area (Å²) in [4.78, 5) is 11.0. The molecule has 3 nitrogen and oxygen atoms in total. The van der Waals surface area contributed by atoms with Crippen LogP contribution in [0.4, 0.5) is 22.0 Å². The largest absolute Gasteiger partial charge is 0.463 e. The van der Waals surface area contributed by atoms with Gasteiger partial charge in [-0.25, -0.2) is 0 Å². The fourth-order valence-corrected chi connectivity index (χ4v) is 1.90. The van der Waals surface area contributed by atoms with E-state index in [-0.39, 0.29) is 0 Å². The van der Waals surface area contributed by atoms with E-state index in [1.807, 2.05) is 0 Å². The molecule has 0 radical (unpaired) electrons. The zero-order chi connectivity index (χ0) is 14.0. The number of halogens is 5. The molecule has 1 aliphatic rings. The molecule has 1 amide bonds. The quantitative estimate of drug-likeness (QED) is 0.597. The summed E-state index contributed by atoms with van der Waals surface area (Å²) in [7, 11) is 0. The highest BCUT2D eigenvalue weighted by atomic mass is 19.4. The standard InChI is InChI=1S/C10H15F5N2O/c11-9(12,10(13,14)15)8(18)17-7-5-3-1-2-4-6(7)16/h6-7H,1-5,16H2,(H,17,18). The van der Waals surface area contributed by atoms with Crippen molar-refractivity contribution >= 4 is 5.91 Å². The van der Waals surface area contributed by atoms with Gasteiger partial charge >= 0.3 is 18.0 Å². The first-order chi connectivity index (χ1) is 8.16. The van der Waals surface area contributed by atoms with Crippen molar-refractivity contribution < 1.29 is 26.7 Å². The summed E-state index contributed by atoms with van der Waals surface area (Å²) in [5.74, 6) is -7.70. The molecule has 0 heterocycles. The van der Waals surface area contributed by atoms with Gasteiger partial charge in [0.1, 0.15) is 0 Å². The smallest absolute Gasteiger partial charge is 0.346 e. The number of nitrogens with one attached hydrogen (secondary N) is 1. The Morgan fingerprint density at radius 1 is 1.06 bits per heavy atom. The molecule has 0 bridgehead atoms. The van der Waals surface area contributed by atoms with Crippen LogP contribution in [0.25, 0.3) is 0 Å². The van der Waals surface area contributed by atoms with E-state index in [1.54, 1.807) is 5.32 Å². The van der Waals surface area contributed by atoms with Crippen molar-refractivity contribution in [3.8, 4) is 0 Å². The van der Waals surface area contributed by atoms with Gasteiger partial charge < -0.3 is 11.1 Å². The maximum absolute atomic E-state index is 12.7. The second kappa shape index (κ2) is 5.38. The van der Waals surface area contributed by atoms with E-state index in [1.165, 1.54) is 0 Å². The number of hydrogen-bond donors (Lipinski definition) is 2. The summed E-state index contributed by atoms with van der Waals surface area (Å²) in [6.45, 7) is 0. The van der Waals surface area contributed by atoms with Crippen LogP contribution in [0.5, 0.6) is 0 Å². The Kier molecular flexibility index (Phi) is 4.52. The first-order valence-electron chi connectivity index (χ1n) is 5.67. The number of alkyl halides is 5. The number of hydrogen-bond acceptors (Lipinski definition) is 2. The lowest BCUT2D eigenvalue weighted by Crippen LogP contribution is -2.56. The topological polar surface area (TPSA) is 55.1 Å². The van der Waals surface area contributed by atoms with Gasteiger partial charge in [-0.3, -0.25) is 4.79 Å². The van der Waals surface area contributed by atoms with Gasteiger partial charge in [-0.1, -0.05) is 19.3 Å². The molecule has 2 atom stereocenters. The minimum absolute atomic E-state index is 0.320. The zero-order valence-electron chi connectivity index (χ0n) is 9.57. The minimum Gasteiger partial charge on any atom is -0.346 e. The average Bonchev–Trinajstić information content (AvgIpc) is 2.42. The van der Waals surface area contributed by atoms with Crippen LogP contribution in [0, 0.1) is 0 Å². The zero-order valence-corrected chi connectivity index (χ0v) is 9.57. The number of carbonyl (C=O) groups is 1. The molecule has 8 heteroatoms. The van der Waals surface area contributed by atoms with Crippen molar-refractivity contribution in [3.63, 3.8) is 0 Å². The maximum Gasteiger partial charge on any atom is 0.463 e. The summed E-state index contributed by atoms with van der Waals surface area (Å²) in [6, 6.07) is -1.41. The van der Waals surface area contributed by atoms with Crippen LogP contribution in [-0.4, -0.2) is 30.1 Å². The molecule has 2 unspecified atom stereocenters. The van der Waals surface area contributed by atoms with Crippen molar-refractivity contribution in [2.45, 2.75) is 56.3 Å². The lowest BCUT2D eigenvalue weighted by Gasteiger charge is -2.26. The van der Waals surface area contributed by atoms with Crippen molar-refractivity contribution in [1.29, 1.82) is 0 Å². The normalized spacial score (nSPS) is 26.6. The number of carbonyl (C=O) groups excluding carboxylic acids is 1. The lowest BCUT2D eigenvalue weighted by atomic mass is 10.0. The van der Waals surface area contributed by atoms with Gasteiger partial charge in [0.15, 0.2) is 0 Å². The van der Waals surface area contributed by atoms with Gasteiger partial charge in [0, 0.05) is 12.1 Å². The predicted octanol–water partition coefficient (Wildman–Crippen LogP) is 1.96. The lowest BCUT2D eigenvalue weighted by molar-refractivity contribution is -0.270. The van der Waals surface area contributed by atoms with E-state index in [4.69, 9.17) is 5.73 Å². The first-order valence-corrected chi connectivity index (χ1v) is 5.67. The summed E-state index contributed by atoms with van der Waals surface area (Å²) in [5, 5.41) is 1.72. The molecule has 0 saturated heterocycles. The van der Waals surface area contributed by atoms with Crippen LogP contribution < -0.4 is 11.1 Å². The monoisotopic (exact) mass is 274 g/mol. The SMILES string of the molecule is NC1CCCCCC1NC(=O)C(F)(F)C(F)(F)F. The highest BCUT2D eigenvalue weighted by Gasteiger charge is 2.63. The third-order valence-corrected chi connectivity index (χ3v) is 3.03. The number of amides is 1. The Labute approximate surface area is 101 Å². The molecule has 0 aliphatic heterocycles. The molecule has 1 fully saturated rings. The summed E-state index contributed by atoms with van der Waals surface area (Å²) in [5.41, 5.74) is 5.64. The maximum atomic E-state index is 12.7. The van der Waals surface area contributed by atoms with Gasteiger partial charge in [-0.15, -0.1) is 0 Å². The molecule has 1 aliphatic carbocycles. The Balaban J connectivity index is 2.68. The molecule has 0 aromatic carbocycles. The number of nitrogens with two attached hydrogens (primary N) is 1. The van der Waals surface area contributed by atoms with E-state index in [2.05, 4.69) is 0 Å². The fourth-order valence-electron chi connectivity index (χ4n) is 1.90. The second-order valence-electron chi connectivity index (χ2n) is 4.45. The second-order valence-corrected chi connectivity index (χ2v) is 4.45. The Bertz CT molecular complexity index is 305. The van der Waals surface area contributed by atoms with Crippen molar-refractivity contribution in [2.24, 2.45) is 5.73 Å². The summed E-state index contributed by atoms with van der Waals surface area (Å²) in [6.07, 6.45) is -2.80. The third kappa shape index (κ3) is 3.30. The molecular weight excluding hydrogens is 259 g/mol. The van der Waals surface area contributed by atoms with E-state index in [9.17, 15) is 26.7 Å². The minimum atomic E-state index is -5.88. The molecule has 0 aromatic rings. The molecular formula is C10H15F5N2O. The third-order valence-electron chi connectivity index (χ3n) is 3.03. The van der Waals surface area contributed by atoms with Crippen LogP contribution in [-0.2, 0) is 4.79 Å². The van der Waals surface area contributed by atoms with Crippen LogP contribution in [0.15, 0.2) is 0 Å². The molecule has 1 saturated carbocycles. The Morgan fingerprint density at radius 3 is 2.17 bits per heavy atom. The van der Waals surface area contributed by atoms with Crippen LogP contribution >= 0.6 is 0 Å². The summed E-state index contributed by atoms with van der Waals surface area (Å²) >= 11 is 0. The fraction of sp³-hybridized carbons (Fsp3) is 0.900. The van der Waals surface area contributed by atoms with Gasteiger partial charge in [-0.05, 0) is 12.8 Å². The van der Waals surface area contributed by atoms with Crippen LogP contribution in [0.2, 0.25) is 0 Å². The van der Waals surface area contributed by atoms with Gasteiger partial charge in [-0.2, -0.15) is 22.0 Å². The van der Waals surface area contributed by atoms with Gasteiger partial charge in [0.05, 0.1) is 0 Å². The molecule has 3 N–H and O–H groups in total. The Hall–Kier alpha value is -0.920. The predicted molar refractivity (Wildman–Crippen MR) is 54.0 cm³/mol. The summed E-state index contributed by atoms with van der Waals surface area (Å²) < 4.78 is 61.4. The van der Waals surface area contributed by atoms with E-state index in [0.717, 1.165) is 12.8 Å². The van der Waals surface area contributed by atoms with Gasteiger partial charge in [0.2, 0.25) is 0 Å². The molecule has 0 spiro atoms. The first kappa shape index (κ1) is 15.1. The van der Waals surface area contributed by atoms with Gasteiger partial charge in [0.25, 0.3) is 0 Å². The van der Waals surface area contributed by atoms with E-state index >= 15 is 0 Å². The van der Waals surface area contributed by atoms with Crippen LogP contribution in [0.3, 0.4) is 0 Å². The van der Waals surface area contributed by atoms with Crippen LogP contribution in [0.1, 0.15) is 32.1 Å². The molecule has 0 aromatic heterocycles. The van der Waals surface area contributed by atoms with Crippen molar-refractivity contribution in [2.75, 3.05) is 0 Å². The molecule has 18 heavy (non-hydrogen) atoms. The molecule has 106 valence electrons. The molecule has 1 rings (SSSR count). The Morgan fingerprint density at radius 2 is 1.61 bits per heavy atom. The number of rotatable bonds is 2. The van der Waals surface area contributed by atoms with Crippen molar-refractivity contribution in [3.05, 3.63) is 0 Å². The average molecular weight is 274 g/mol. The highest BCUT2D eigenvalue weighted by Crippen LogP contribution is 2.35. The highest BCUT2D eigenvalue weighted by molar-refractivity contribution is 5.84. The van der Waals surface area contributed by atoms with E-state index in [0.29, 0.717) is 19.3 Å².